The first kappa shape index (κ1) is 11.0. The molecular weight excluding hydrogens is 201 g/mol. The molecule has 0 heterocycles. The summed E-state index contributed by atoms with van der Waals surface area (Å²) >= 11 is 3.97. The number of rotatable bonds is 3. The van der Waals surface area contributed by atoms with Crippen molar-refractivity contribution in [3.05, 3.63) is 35.6 Å². The zero-order valence-corrected chi connectivity index (χ0v) is 8.72. The van der Waals surface area contributed by atoms with Crippen molar-refractivity contribution in [3.8, 4) is 0 Å². The number of thiol groups is 1. The van der Waals surface area contributed by atoms with E-state index in [1.54, 1.807) is 19.1 Å². The molecule has 76 valence electrons. The quantitative estimate of drug-likeness (QED) is 0.736. The molecule has 2 nitrogen and oxygen atoms in total. The summed E-state index contributed by atoms with van der Waals surface area (Å²) in [7, 11) is 0. The number of carbonyl (C=O) groups excluding carboxylic acids is 1. The van der Waals surface area contributed by atoms with Gasteiger partial charge in [0.15, 0.2) is 0 Å². The summed E-state index contributed by atoms with van der Waals surface area (Å²) in [6.45, 7) is 2.02. The van der Waals surface area contributed by atoms with Crippen LogP contribution < -0.4 is 5.32 Å². The van der Waals surface area contributed by atoms with Crippen LogP contribution >= 0.6 is 12.6 Å². The fourth-order valence-electron chi connectivity index (χ4n) is 0.984. The molecule has 0 bridgehead atoms. The summed E-state index contributed by atoms with van der Waals surface area (Å²) in [5.41, 5.74) is 0.743. The third-order valence-corrected chi connectivity index (χ3v) is 1.97. The van der Waals surface area contributed by atoms with Gasteiger partial charge in [-0.15, -0.1) is 0 Å². The molecule has 0 spiro atoms. The number of hydrogen-bond acceptors (Lipinski definition) is 2. The van der Waals surface area contributed by atoms with Crippen LogP contribution in [0.1, 0.15) is 12.5 Å². The Labute approximate surface area is 87.9 Å². The van der Waals surface area contributed by atoms with Gasteiger partial charge in [-0.2, -0.15) is 12.6 Å². The Hall–Kier alpha value is -1.03. The van der Waals surface area contributed by atoms with Gasteiger partial charge < -0.3 is 5.32 Å². The van der Waals surface area contributed by atoms with Crippen molar-refractivity contribution < 1.29 is 9.18 Å². The average molecular weight is 213 g/mol. The molecule has 0 aliphatic rings. The van der Waals surface area contributed by atoms with Crippen LogP contribution in [0.2, 0.25) is 0 Å². The Morgan fingerprint density at radius 1 is 1.64 bits per heavy atom. The molecular formula is C10H12FNOS. The van der Waals surface area contributed by atoms with Crippen molar-refractivity contribution in [1.82, 2.24) is 5.32 Å². The summed E-state index contributed by atoms with van der Waals surface area (Å²) in [6.07, 6.45) is 0. The van der Waals surface area contributed by atoms with Crippen molar-refractivity contribution in [2.75, 3.05) is 0 Å². The van der Waals surface area contributed by atoms with Crippen LogP contribution in [-0.2, 0) is 11.3 Å². The van der Waals surface area contributed by atoms with E-state index < -0.39 is 0 Å². The summed E-state index contributed by atoms with van der Waals surface area (Å²) < 4.78 is 12.7. The molecule has 1 N–H and O–H groups in total. The van der Waals surface area contributed by atoms with E-state index in [1.165, 1.54) is 12.1 Å². The van der Waals surface area contributed by atoms with Gasteiger partial charge in [-0.25, -0.2) is 4.39 Å². The summed E-state index contributed by atoms with van der Waals surface area (Å²) in [5, 5.41) is 2.30. The fraction of sp³-hybridized carbons (Fsp3) is 0.300. The molecule has 4 heteroatoms. The van der Waals surface area contributed by atoms with Crippen LogP contribution in [0.3, 0.4) is 0 Å². The van der Waals surface area contributed by atoms with Gasteiger partial charge in [-0.05, 0) is 24.6 Å². The number of hydrogen-bond donors (Lipinski definition) is 2. The molecule has 0 aliphatic heterocycles. The maximum Gasteiger partial charge on any atom is 0.232 e. The molecule has 1 rings (SSSR count). The van der Waals surface area contributed by atoms with Gasteiger partial charge in [0.25, 0.3) is 0 Å². The number of benzene rings is 1. The van der Waals surface area contributed by atoms with Gasteiger partial charge in [0, 0.05) is 6.54 Å². The highest BCUT2D eigenvalue weighted by molar-refractivity contribution is 7.81. The number of nitrogens with one attached hydrogen (secondary N) is 1. The highest BCUT2D eigenvalue weighted by Crippen LogP contribution is 2.03. The van der Waals surface area contributed by atoms with Gasteiger partial charge in [0.2, 0.25) is 5.91 Å². The van der Waals surface area contributed by atoms with E-state index in [-0.39, 0.29) is 17.0 Å². The van der Waals surface area contributed by atoms with Crippen LogP contribution in [0.25, 0.3) is 0 Å². The minimum absolute atomic E-state index is 0.155. The van der Waals surface area contributed by atoms with Gasteiger partial charge in [-0.3, -0.25) is 4.79 Å². The monoisotopic (exact) mass is 213 g/mol. The zero-order chi connectivity index (χ0) is 10.6. The Morgan fingerprint density at radius 3 is 2.93 bits per heavy atom. The molecule has 0 aromatic heterocycles. The van der Waals surface area contributed by atoms with Crippen LogP contribution in [-0.4, -0.2) is 11.2 Å². The molecule has 0 fully saturated rings. The van der Waals surface area contributed by atoms with Gasteiger partial charge in [0.05, 0.1) is 5.25 Å². The molecule has 1 unspecified atom stereocenters. The normalized spacial score (nSPS) is 12.2. The molecule has 1 aromatic carbocycles. The Morgan fingerprint density at radius 2 is 2.36 bits per heavy atom. The number of amides is 1. The summed E-state index contributed by atoms with van der Waals surface area (Å²) in [4.78, 5) is 11.1. The average Bonchev–Trinajstić information content (AvgIpc) is 2.14. The lowest BCUT2D eigenvalue weighted by Crippen LogP contribution is -2.29. The second-order valence-electron chi connectivity index (χ2n) is 3.02. The first-order valence-corrected chi connectivity index (χ1v) is 4.81. The molecule has 0 saturated carbocycles. The predicted octanol–water partition coefficient (Wildman–Crippen LogP) is 1.76. The van der Waals surface area contributed by atoms with E-state index in [2.05, 4.69) is 17.9 Å². The van der Waals surface area contributed by atoms with Crippen molar-refractivity contribution in [2.45, 2.75) is 18.7 Å². The van der Waals surface area contributed by atoms with E-state index in [4.69, 9.17) is 0 Å². The lowest BCUT2D eigenvalue weighted by atomic mass is 10.2. The Balaban J connectivity index is 2.50. The number of carbonyl (C=O) groups is 1. The second-order valence-corrected chi connectivity index (χ2v) is 3.80. The largest absolute Gasteiger partial charge is 0.351 e. The highest BCUT2D eigenvalue weighted by Gasteiger charge is 2.06. The fourth-order valence-corrected chi connectivity index (χ4v) is 1.08. The van der Waals surface area contributed by atoms with E-state index >= 15 is 0 Å². The summed E-state index contributed by atoms with van der Waals surface area (Å²) in [6, 6.07) is 6.13. The van der Waals surface area contributed by atoms with Crippen LogP contribution in [0.15, 0.2) is 24.3 Å². The standard InChI is InChI=1S/C10H12FNOS/c1-7(14)10(13)12-6-8-3-2-4-9(11)5-8/h2-5,7,14H,6H2,1H3,(H,12,13). The van der Waals surface area contributed by atoms with E-state index in [0.717, 1.165) is 5.56 Å². The Kier molecular flexibility index (Phi) is 3.95. The molecule has 1 amide bonds. The lowest BCUT2D eigenvalue weighted by Gasteiger charge is -2.06. The van der Waals surface area contributed by atoms with Crippen molar-refractivity contribution in [3.63, 3.8) is 0 Å². The minimum atomic E-state index is -0.344. The van der Waals surface area contributed by atoms with E-state index in [9.17, 15) is 9.18 Å². The van der Waals surface area contributed by atoms with Crippen LogP contribution in [0.4, 0.5) is 4.39 Å². The molecule has 0 aliphatic carbocycles. The van der Waals surface area contributed by atoms with Crippen molar-refractivity contribution >= 4 is 18.5 Å². The topological polar surface area (TPSA) is 29.1 Å². The first-order valence-electron chi connectivity index (χ1n) is 4.30. The first-order chi connectivity index (χ1) is 6.59. The summed E-state index contributed by atoms with van der Waals surface area (Å²) in [5.74, 6) is -0.451. The Bertz CT molecular complexity index is 328. The minimum Gasteiger partial charge on any atom is -0.351 e. The van der Waals surface area contributed by atoms with Crippen LogP contribution in [0, 0.1) is 5.82 Å². The molecule has 0 radical (unpaired) electrons. The third-order valence-electron chi connectivity index (χ3n) is 1.74. The lowest BCUT2D eigenvalue weighted by molar-refractivity contribution is -0.120. The second kappa shape index (κ2) is 5.00. The predicted molar refractivity (Wildman–Crippen MR) is 56.7 cm³/mol. The van der Waals surface area contributed by atoms with Gasteiger partial charge >= 0.3 is 0 Å². The number of halogens is 1. The maximum atomic E-state index is 12.7. The van der Waals surface area contributed by atoms with E-state index in [0.29, 0.717) is 6.54 Å². The molecule has 14 heavy (non-hydrogen) atoms. The van der Waals surface area contributed by atoms with E-state index in [1.807, 2.05) is 0 Å². The van der Waals surface area contributed by atoms with Crippen molar-refractivity contribution in [1.29, 1.82) is 0 Å². The molecule has 0 saturated heterocycles. The highest BCUT2D eigenvalue weighted by atomic mass is 32.1. The maximum absolute atomic E-state index is 12.7. The third kappa shape index (κ3) is 3.38. The van der Waals surface area contributed by atoms with Crippen LogP contribution in [0.5, 0.6) is 0 Å². The van der Waals surface area contributed by atoms with Gasteiger partial charge in [-0.1, -0.05) is 12.1 Å². The molecule has 1 aromatic rings. The zero-order valence-electron chi connectivity index (χ0n) is 7.83. The smallest absolute Gasteiger partial charge is 0.232 e. The van der Waals surface area contributed by atoms with Gasteiger partial charge in [0.1, 0.15) is 5.82 Å². The SMILES string of the molecule is CC(S)C(=O)NCc1cccc(F)c1. The van der Waals surface area contributed by atoms with Crippen molar-refractivity contribution in [2.24, 2.45) is 0 Å². The molecule has 1 atom stereocenters.